The van der Waals surface area contributed by atoms with Crippen molar-refractivity contribution in [1.29, 1.82) is 0 Å². The zero-order valence-electron chi connectivity index (χ0n) is 13.3. The quantitative estimate of drug-likeness (QED) is 0.782. The molecule has 0 aromatic heterocycles. The molecule has 108 valence electrons. The van der Waals surface area contributed by atoms with E-state index in [1.807, 2.05) is 0 Å². The lowest BCUT2D eigenvalue weighted by molar-refractivity contribution is 0.229. The number of hydrogen-bond donors (Lipinski definition) is 1. The Hall–Kier alpha value is -0.0800. The number of nitrogens with one attached hydrogen (secondary N) is 1. The topological polar surface area (TPSA) is 15.3 Å². The molecule has 0 aromatic rings. The lowest BCUT2D eigenvalue weighted by Gasteiger charge is -2.26. The van der Waals surface area contributed by atoms with E-state index in [1.54, 1.807) is 0 Å². The van der Waals surface area contributed by atoms with Crippen LogP contribution >= 0.6 is 0 Å². The third-order valence-corrected chi connectivity index (χ3v) is 4.05. The van der Waals surface area contributed by atoms with Gasteiger partial charge < -0.3 is 10.2 Å². The largest absolute Gasteiger partial charge is 0.316 e. The monoisotopic (exact) mass is 254 g/mol. The predicted molar refractivity (Wildman–Crippen MR) is 80.9 cm³/mol. The Bertz CT molecular complexity index is 223. The molecule has 0 spiro atoms. The first-order chi connectivity index (χ1) is 8.39. The van der Waals surface area contributed by atoms with Crippen molar-refractivity contribution in [3.8, 4) is 0 Å². The Morgan fingerprint density at radius 2 is 1.78 bits per heavy atom. The summed E-state index contributed by atoms with van der Waals surface area (Å²) >= 11 is 0. The van der Waals surface area contributed by atoms with Gasteiger partial charge in [0.05, 0.1) is 0 Å². The second kappa shape index (κ2) is 7.49. The number of nitrogens with zero attached hydrogens (tertiary/aromatic N) is 1. The van der Waals surface area contributed by atoms with Crippen LogP contribution in [0.4, 0.5) is 0 Å². The van der Waals surface area contributed by atoms with Gasteiger partial charge in [-0.25, -0.2) is 0 Å². The zero-order valence-corrected chi connectivity index (χ0v) is 13.3. The summed E-state index contributed by atoms with van der Waals surface area (Å²) in [6.45, 7) is 17.9. The molecule has 1 unspecified atom stereocenters. The maximum atomic E-state index is 3.58. The molecule has 1 heterocycles. The van der Waals surface area contributed by atoms with Crippen molar-refractivity contribution in [2.75, 3.05) is 32.7 Å². The average Bonchev–Trinajstić information content (AvgIpc) is 2.40. The highest BCUT2D eigenvalue weighted by Crippen LogP contribution is 2.29. The van der Waals surface area contributed by atoms with Gasteiger partial charge >= 0.3 is 0 Å². The molecule has 1 atom stereocenters. The van der Waals surface area contributed by atoms with Gasteiger partial charge in [0.15, 0.2) is 0 Å². The molecule has 0 aliphatic carbocycles. The van der Waals surface area contributed by atoms with E-state index in [-0.39, 0.29) is 0 Å². The summed E-state index contributed by atoms with van der Waals surface area (Å²) in [7, 11) is 0. The molecule has 1 rings (SSSR count). The molecule has 1 aliphatic heterocycles. The fraction of sp³-hybridized carbons (Fsp3) is 1.00. The first-order valence-electron chi connectivity index (χ1n) is 7.82. The van der Waals surface area contributed by atoms with Crippen LogP contribution in [0, 0.1) is 17.3 Å². The lowest BCUT2D eigenvalue weighted by Crippen LogP contribution is -2.35. The molecule has 2 heteroatoms. The molecule has 0 aromatic carbocycles. The van der Waals surface area contributed by atoms with Gasteiger partial charge in [-0.2, -0.15) is 0 Å². The Kier molecular flexibility index (Phi) is 6.65. The van der Waals surface area contributed by atoms with Crippen molar-refractivity contribution in [3.05, 3.63) is 0 Å². The third-order valence-electron chi connectivity index (χ3n) is 4.05. The van der Waals surface area contributed by atoms with E-state index in [4.69, 9.17) is 0 Å². The van der Waals surface area contributed by atoms with Crippen molar-refractivity contribution in [2.24, 2.45) is 17.3 Å². The summed E-state index contributed by atoms with van der Waals surface area (Å²) in [6, 6.07) is 0. The van der Waals surface area contributed by atoms with Gasteiger partial charge in [0.1, 0.15) is 0 Å². The highest BCUT2D eigenvalue weighted by atomic mass is 15.1. The van der Waals surface area contributed by atoms with Gasteiger partial charge in [0.25, 0.3) is 0 Å². The Labute approximate surface area is 115 Å². The fourth-order valence-electron chi connectivity index (χ4n) is 2.79. The molecule has 1 fully saturated rings. The summed E-state index contributed by atoms with van der Waals surface area (Å²) in [4.78, 5) is 2.68. The predicted octanol–water partition coefficient (Wildman–Crippen LogP) is 3.38. The van der Waals surface area contributed by atoms with Crippen LogP contribution in [-0.2, 0) is 0 Å². The third kappa shape index (κ3) is 6.75. The summed E-state index contributed by atoms with van der Waals surface area (Å²) < 4.78 is 0. The minimum atomic E-state index is 0.563. The summed E-state index contributed by atoms with van der Waals surface area (Å²) in [5.41, 5.74) is 0.563. The number of hydrogen-bond acceptors (Lipinski definition) is 2. The molecule has 0 amide bonds. The van der Waals surface area contributed by atoms with E-state index in [2.05, 4.69) is 44.8 Å². The van der Waals surface area contributed by atoms with Crippen LogP contribution in [0.1, 0.15) is 53.9 Å². The minimum absolute atomic E-state index is 0.563. The van der Waals surface area contributed by atoms with Crippen molar-refractivity contribution in [1.82, 2.24) is 10.2 Å². The van der Waals surface area contributed by atoms with Gasteiger partial charge in [0.2, 0.25) is 0 Å². The normalized spacial score (nSPS) is 23.0. The van der Waals surface area contributed by atoms with Crippen LogP contribution in [0.15, 0.2) is 0 Å². The minimum Gasteiger partial charge on any atom is -0.316 e. The van der Waals surface area contributed by atoms with Crippen molar-refractivity contribution in [3.63, 3.8) is 0 Å². The van der Waals surface area contributed by atoms with Gasteiger partial charge in [0, 0.05) is 6.54 Å². The molecule has 1 saturated heterocycles. The van der Waals surface area contributed by atoms with Crippen LogP contribution in [0.5, 0.6) is 0 Å². The second-order valence-electron chi connectivity index (χ2n) is 7.48. The standard InChI is InChI=1S/C16H34N2/c1-14(2)11-17-12-15(3)13-18-9-6-7-16(4,5)8-10-18/h14-15,17H,6-13H2,1-5H3. The molecule has 18 heavy (non-hydrogen) atoms. The van der Waals surface area contributed by atoms with Crippen molar-refractivity contribution < 1.29 is 0 Å². The fourth-order valence-corrected chi connectivity index (χ4v) is 2.79. The molecule has 0 bridgehead atoms. The van der Waals surface area contributed by atoms with Gasteiger partial charge in [-0.3, -0.25) is 0 Å². The second-order valence-corrected chi connectivity index (χ2v) is 7.48. The maximum absolute atomic E-state index is 3.58. The Morgan fingerprint density at radius 1 is 1.06 bits per heavy atom. The number of likely N-dealkylation sites (tertiary alicyclic amines) is 1. The van der Waals surface area contributed by atoms with Crippen LogP contribution < -0.4 is 5.32 Å². The molecule has 1 N–H and O–H groups in total. The molecule has 0 saturated carbocycles. The Morgan fingerprint density at radius 3 is 2.44 bits per heavy atom. The van der Waals surface area contributed by atoms with E-state index in [9.17, 15) is 0 Å². The molecule has 2 nitrogen and oxygen atoms in total. The van der Waals surface area contributed by atoms with Gasteiger partial charge in [-0.15, -0.1) is 0 Å². The van der Waals surface area contributed by atoms with E-state index in [0.717, 1.165) is 24.9 Å². The van der Waals surface area contributed by atoms with Crippen LogP contribution in [0.3, 0.4) is 0 Å². The van der Waals surface area contributed by atoms with Crippen LogP contribution in [-0.4, -0.2) is 37.6 Å². The summed E-state index contributed by atoms with van der Waals surface area (Å²) in [5, 5.41) is 3.58. The summed E-state index contributed by atoms with van der Waals surface area (Å²) in [6.07, 6.45) is 4.13. The van der Waals surface area contributed by atoms with E-state index in [0.29, 0.717) is 5.41 Å². The first kappa shape index (κ1) is 16.0. The van der Waals surface area contributed by atoms with Crippen molar-refractivity contribution in [2.45, 2.75) is 53.9 Å². The lowest BCUT2D eigenvalue weighted by atomic mass is 9.85. The molecule has 1 aliphatic rings. The Balaban J connectivity index is 2.21. The SMILES string of the molecule is CC(C)CNCC(C)CN1CCCC(C)(C)CC1. The maximum Gasteiger partial charge on any atom is 0.00191 e. The summed E-state index contributed by atoms with van der Waals surface area (Å²) in [5.74, 6) is 1.53. The van der Waals surface area contributed by atoms with Gasteiger partial charge in [-0.05, 0) is 62.7 Å². The molecular formula is C16H34N2. The highest BCUT2D eigenvalue weighted by molar-refractivity contribution is 4.77. The van der Waals surface area contributed by atoms with Gasteiger partial charge in [-0.1, -0.05) is 34.6 Å². The van der Waals surface area contributed by atoms with Crippen LogP contribution in [0.25, 0.3) is 0 Å². The molecular weight excluding hydrogens is 220 g/mol. The average molecular weight is 254 g/mol. The van der Waals surface area contributed by atoms with E-state index in [1.165, 1.54) is 38.9 Å². The van der Waals surface area contributed by atoms with E-state index < -0.39 is 0 Å². The first-order valence-corrected chi connectivity index (χ1v) is 7.82. The smallest absolute Gasteiger partial charge is 0.00191 e. The molecule has 0 radical (unpaired) electrons. The zero-order chi connectivity index (χ0) is 13.6. The highest BCUT2D eigenvalue weighted by Gasteiger charge is 2.23. The van der Waals surface area contributed by atoms with Crippen molar-refractivity contribution >= 4 is 0 Å². The van der Waals surface area contributed by atoms with Crippen LogP contribution in [0.2, 0.25) is 0 Å². The van der Waals surface area contributed by atoms with E-state index >= 15 is 0 Å². The number of rotatable bonds is 6.